The summed E-state index contributed by atoms with van der Waals surface area (Å²) in [4.78, 5) is 18.2. The van der Waals surface area contributed by atoms with E-state index in [9.17, 15) is 4.79 Å². The van der Waals surface area contributed by atoms with Crippen molar-refractivity contribution >= 4 is 33.2 Å². The van der Waals surface area contributed by atoms with E-state index in [0.29, 0.717) is 5.91 Å². The molecular weight excluding hydrogens is 336 g/mol. The second-order valence-electron chi connectivity index (χ2n) is 5.90. The second-order valence-corrected chi connectivity index (χ2v) is 8.40. The van der Waals surface area contributed by atoms with Gasteiger partial charge < -0.3 is 9.80 Å². The molecule has 2 saturated heterocycles. The van der Waals surface area contributed by atoms with E-state index < -0.39 is 0 Å². The van der Waals surface area contributed by atoms with E-state index >= 15 is 0 Å². The molecule has 0 radical (unpaired) electrons. The summed E-state index contributed by atoms with van der Waals surface area (Å²) in [6, 6.07) is 4.50. The van der Waals surface area contributed by atoms with Gasteiger partial charge >= 0.3 is 0 Å². The Morgan fingerprint density at radius 1 is 1.30 bits per heavy atom. The van der Waals surface area contributed by atoms with Crippen LogP contribution in [-0.2, 0) is 4.79 Å². The van der Waals surface area contributed by atoms with E-state index in [1.54, 1.807) is 11.3 Å². The smallest absolute Gasteiger partial charge is 0.227 e. The molecule has 0 aliphatic carbocycles. The van der Waals surface area contributed by atoms with Crippen molar-refractivity contribution < 1.29 is 4.79 Å². The van der Waals surface area contributed by atoms with Crippen LogP contribution in [-0.4, -0.2) is 42.4 Å². The van der Waals surface area contributed by atoms with Crippen LogP contribution in [0.15, 0.2) is 15.9 Å². The van der Waals surface area contributed by atoms with Crippen LogP contribution in [0.5, 0.6) is 0 Å². The zero-order chi connectivity index (χ0) is 14.1. The number of carbonyl (C=O) groups is 1. The van der Waals surface area contributed by atoms with Gasteiger partial charge in [-0.15, -0.1) is 11.3 Å². The Hall–Kier alpha value is -0.390. The lowest BCUT2D eigenvalue weighted by Crippen LogP contribution is -2.36. The van der Waals surface area contributed by atoms with Crippen LogP contribution in [0.1, 0.15) is 36.6 Å². The fourth-order valence-corrected chi connectivity index (χ4v) is 4.97. The average Bonchev–Trinajstić information content (AvgIpc) is 2.99. The van der Waals surface area contributed by atoms with Gasteiger partial charge in [0.2, 0.25) is 5.91 Å². The molecule has 2 aliphatic rings. The number of piperidine rings is 1. The highest BCUT2D eigenvalue weighted by atomic mass is 79.9. The first-order valence-electron chi connectivity index (χ1n) is 7.39. The normalized spacial score (nSPS) is 28.3. The quantitative estimate of drug-likeness (QED) is 0.827. The van der Waals surface area contributed by atoms with Crippen molar-refractivity contribution in [3.05, 3.63) is 20.8 Å². The molecule has 110 valence electrons. The Balaban J connectivity index is 1.67. The molecule has 0 spiro atoms. The molecule has 0 N–H and O–H groups in total. The van der Waals surface area contributed by atoms with Gasteiger partial charge in [0.1, 0.15) is 0 Å². The molecule has 0 saturated carbocycles. The van der Waals surface area contributed by atoms with Crippen molar-refractivity contribution in [2.45, 2.75) is 31.7 Å². The van der Waals surface area contributed by atoms with Crippen LogP contribution in [0, 0.1) is 5.92 Å². The Kier molecular flexibility index (Phi) is 4.48. The molecule has 0 bridgehead atoms. The highest BCUT2D eigenvalue weighted by molar-refractivity contribution is 9.11. The standard InChI is InChI=1S/C15H21BrN2OS/c1-17-12(13-5-6-14(16)20-13)9-11(15(17)19)10-18-7-3-2-4-8-18/h5-6,11-12H,2-4,7-10H2,1H3/t11-,12+/m0/s1. The van der Waals surface area contributed by atoms with Crippen LogP contribution in [0.25, 0.3) is 0 Å². The largest absolute Gasteiger partial charge is 0.338 e. The average molecular weight is 357 g/mol. The molecule has 0 unspecified atom stereocenters. The molecule has 3 nitrogen and oxygen atoms in total. The lowest BCUT2D eigenvalue weighted by Gasteiger charge is -2.28. The Labute approximate surface area is 133 Å². The SMILES string of the molecule is CN1C(=O)[C@H](CN2CCCCC2)C[C@@H]1c1ccc(Br)s1. The van der Waals surface area contributed by atoms with E-state index in [1.165, 1.54) is 37.2 Å². The summed E-state index contributed by atoms with van der Waals surface area (Å²) in [5.41, 5.74) is 0. The highest BCUT2D eigenvalue weighted by Crippen LogP contribution is 2.39. The van der Waals surface area contributed by atoms with Crippen LogP contribution in [0.2, 0.25) is 0 Å². The topological polar surface area (TPSA) is 23.6 Å². The lowest BCUT2D eigenvalue weighted by atomic mass is 10.0. The summed E-state index contributed by atoms with van der Waals surface area (Å²) < 4.78 is 1.15. The van der Waals surface area contributed by atoms with Crippen molar-refractivity contribution in [1.29, 1.82) is 0 Å². The first kappa shape index (κ1) is 14.5. The molecule has 1 amide bonds. The predicted octanol–water partition coefficient (Wildman–Crippen LogP) is 3.52. The first-order valence-corrected chi connectivity index (χ1v) is 9.00. The number of nitrogens with zero attached hydrogens (tertiary/aromatic N) is 2. The Morgan fingerprint density at radius 2 is 2.05 bits per heavy atom. The van der Waals surface area contributed by atoms with Crippen LogP contribution < -0.4 is 0 Å². The minimum atomic E-state index is 0.184. The van der Waals surface area contributed by atoms with E-state index in [1.807, 2.05) is 11.9 Å². The van der Waals surface area contributed by atoms with E-state index in [-0.39, 0.29) is 12.0 Å². The minimum Gasteiger partial charge on any atom is -0.338 e. The minimum absolute atomic E-state index is 0.184. The molecule has 2 aliphatic heterocycles. The zero-order valence-corrected chi connectivity index (χ0v) is 14.3. The summed E-state index contributed by atoms with van der Waals surface area (Å²) in [6.07, 6.45) is 4.90. The van der Waals surface area contributed by atoms with Gasteiger partial charge in [-0.2, -0.15) is 0 Å². The summed E-state index contributed by atoms with van der Waals surface area (Å²) in [5, 5.41) is 0. The maximum absolute atomic E-state index is 12.5. The van der Waals surface area contributed by atoms with E-state index in [4.69, 9.17) is 0 Å². The van der Waals surface area contributed by atoms with E-state index in [2.05, 4.69) is 33.0 Å². The molecule has 3 rings (SSSR count). The Morgan fingerprint density at radius 3 is 2.70 bits per heavy atom. The summed E-state index contributed by atoms with van der Waals surface area (Å²) in [5.74, 6) is 0.508. The van der Waals surface area contributed by atoms with Gasteiger partial charge in [-0.05, 0) is 60.4 Å². The summed E-state index contributed by atoms with van der Waals surface area (Å²) in [6.45, 7) is 3.29. The van der Waals surface area contributed by atoms with Crippen LogP contribution >= 0.6 is 27.3 Å². The number of rotatable bonds is 3. The number of hydrogen-bond acceptors (Lipinski definition) is 3. The van der Waals surface area contributed by atoms with Crippen molar-refractivity contribution in [2.24, 2.45) is 5.92 Å². The lowest BCUT2D eigenvalue weighted by molar-refractivity contribution is -0.131. The molecule has 2 atom stereocenters. The molecule has 1 aromatic rings. The number of hydrogen-bond donors (Lipinski definition) is 0. The van der Waals surface area contributed by atoms with Gasteiger partial charge in [0.25, 0.3) is 0 Å². The maximum atomic E-state index is 12.5. The maximum Gasteiger partial charge on any atom is 0.227 e. The summed E-state index contributed by atoms with van der Waals surface area (Å²) >= 11 is 5.26. The Bertz CT molecular complexity index is 484. The van der Waals surface area contributed by atoms with Crippen LogP contribution in [0.4, 0.5) is 0 Å². The molecule has 5 heteroatoms. The molecule has 1 aromatic heterocycles. The second kappa shape index (κ2) is 6.16. The van der Waals surface area contributed by atoms with Gasteiger partial charge in [-0.3, -0.25) is 4.79 Å². The molecule has 2 fully saturated rings. The number of thiophene rings is 1. The summed E-state index contributed by atoms with van der Waals surface area (Å²) in [7, 11) is 1.96. The third-order valence-corrected chi connectivity index (χ3v) is 6.25. The molecule has 0 aromatic carbocycles. The van der Waals surface area contributed by atoms with Gasteiger partial charge in [0, 0.05) is 18.5 Å². The molecular formula is C15H21BrN2OS. The van der Waals surface area contributed by atoms with Crippen molar-refractivity contribution in [3.8, 4) is 0 Å². The van der Waals surface area contributed by atoms with Gasteiger partial charge in [0.05, 0.1) is 15.7 Å². The first-order chi connectivity index (χ1) is 9.65. The molecule has 20 heavy (non-hydrogen) atoms. The van der Waals surface area contributed by atoms with E-state index in [0.717, 1.165) is 16.8 Å². The van der Waals surface area contributed by atoms with Crippen LogP contribution in [0.3, 0.4) is 0 Å². The van der Waals surface area contributed by atoms with Crippen molar-refractivity contribution in [3.63, 3.8) is 0 Å². The zero-order valence-electron chi connectivity index (χ0n) is 11.8. The van der Waals surface area contributed by atoms with Crippen molar-refractivity contribution in [2.75, 3.05) is 26.7 Å². The third kappa shape index (κ3) is 2.95. The number of carbonyl (C=O) groups excluding carboxylic acids is 1. The fourth-order valence-electron chi connectivity index (χ4n) is 3.39. The number of halogens is 1. The predicted molar refractivity (Wildman–Crippen MR) is 85.9 cm³/mol. The van der Waals surface area contributed by atoms with Gasteiger partial charge in [0.15, 0.2) is 0 Å². The van der Waals surface area contributed by atoms with Gasteiger partial charge in [-0.1, -0.05) is 6.42 Å². The number of amides is 1. The highest BCUT2D eigenvalue weighted by Gasteiger charge is 2.39. The molecule has 3 heterocycles. The monoisotopic (exact) mass is 356 g/mol. The third-order valence-electron chi connectivity index (χ3n) is 4.52. The number of likely N-dealkylation sites (tertiary alicyclic amines) is 2. The van der Waals surface area contributed by atoms with Crippen molar-refractivity contribution in [1.82, 2.24) is 9.80 Å². The van der Waals surface area contributed by atoms with Gasteiger partial charge in [-0.25, -0.2) is 0 Å². The fraction of sp³-hybridized carbons (Fsp3) is 0.667.